The van der Waals surface area contributed by atoms with Crippen LogP contribution in [0.2, 0.25) is 0 Å². The van der Waals surface area contributed by atoms with Crippen molar-refractivity contribution < 1.29 is 18.0 Å². The average Bonchev–Trinajstić information content (AvgIpc) is 1.33. The Bertz CT molecular complexity index is 74.9. The van der Waals surface area contributed by atoms with E-state index >= 15 is 0 Å². The van der Waals surface area contributed by atoms with Crippen molar-refractivity contribution in [1.29, 1.82) is 0 Å². The molecule has 1 aliphatic rings. The smallest absolute Gasteiger partial charge is 0.175 e. The van der Waals surface area contributed by atoms with E-state index in [-0.39, 0.29) is 0 Å². The van der Waals surface area contributed by atoms with Gasteiger partial charge in [-0.05, 0) is 9.05 Å². The summed E-state index contributed by atoms with van der Waals surface area (Å²) >= 11 is 0. The minimum absolute atomic E-state index is 1.74. The van der Waals surface area contributed by atoms with E-state index in [4.69, 9.17) is 0 Å². The average molecular weight is 111 g/mol. The van der Waals surface area contributed by atoms with Crippen LogP contribution >= 0.6 is 8.25 Å². The normalized spacial score (nSPS) is 38.8. The maximum Gasteiger partial charge on any atom is 0.709 e. The molecule has 1 heterocycles. The fraction of sp³-hybridized carbons (Fsp3) is 1.00. The largest absolute Gasteiger partial charge is 0.709 e. The molecule has 1 rings (SSSR count). The summed E-state index contributed by atoms with van der Waals surface area (Å²) in [5, 5.41) is 0. The van der Waals surface area contributed by atoms with Crippen LogP contribution in [0.5, 0.6) is 0 Å². The molecule has 0 N–H and O–H groups in total. The molecule has 3 nitrogen and oxygen atoms in total. The summed E-state index contributed by atoms with van der Waals surface area (Å²) in [6.07, 6.45) is 0. The van der Waals surface area contributed by atoms with Crippen molar-refractivity contribution in [2.75, 3.05) is 0 Å². The van der Waals surface area contributed by atoms with Gasteiger partial charge in [0, 0.05) is 4.57 Å². The zero-order valence-corrected chi connectivity index (χ0v) is 3.52. The molecule has 1 aliphatic heterocycles. The Kier molecular flexibility index (Phi) is 0.839. The number of hydrogen-bond donors (Lipinski definition) is 0. The second-order valence-corrected chi connectivity index (χ2v) is 1.58. The quantitative estimate of drug-likeness (QED) is 0.436. The van der Waals surface area contributed by atoms with Crippen LogP contribution in [-0.4, -0.2) is 6.54 Å². The zero-order valence-electron chi connectivity index (χ0n) is 2.63. The van der Waals surface area contributed by atoms with E-state index in [0.717, 1.165) is 0 Å². The highest BCUT2D eigenvalue weighted by atomic mass is 31.1. The summed E-state index contributed by atoms with van der Waals surface area (Å²) in [5.41, 5.74) is 0. The van der Waals surface area contributed by atoms with Gasteiger partial charge in [0.25, 0.3) is 0 Å². The van der Waals surface area contributed by atoms with Gasteiger partial charge in [-0.25, -0.2) is 0 Å². The zero-order chi connectivity index (χ0) is 4.57. The number of alkyl halides is 1. The highest BCUT2D eigenvalue weighted by Gasteiger charge is 2.45. The van der Waals surface area contributed by atoms with E-state index in [0.29, 0.717) is 0 Å². The Labute approximate surface area is 34.0 Å². The van der Waals surface area contributed by atoms with E-state index in [1.807, 2.05) is 0 Å². The molecule has 0 amide bonds. The van der Waals surface area contributed by atoms with Gasteiger partial charge in [-0.1, -0.05) is 0 Å². The molecule has 0 unspecified atom stereocenters. The van der Waals surface area contributed by atoms with Gasteiger partial charge >= 0.3 is 14.8 Å². The van der Waals surface area contributed by atoms with Crippen molar-refractivity contribution >= 4 is 8.25 Å². The first-order valence-electron chi connectivity index (χ1n) is 1.24. The molecule has 0 aliphatic carbocycles. The third kappa shape index (κ3) is 0.544. The Morgan fingerprint density at radius 1 is 1.67 bits per heavy atom. The van der Waals surface area contributed by atoms with Gasteiger partial charge < -0.3 is 0 Å². The van der Waals surface area contributed by atoms with Crippen LogP contribution in [-0.2, 0) is 13.6 Å². The predicted octanol–water partition coefficient (Wildman–Crippen LogP) is 0.944. The fourth-order valence-electron chi connectivity index (χ4n) is 0.143. The Morgan fingerprint density at radius 3 is 2.17 bits per heavy atom. The summed E-state index contributed by atoms with van der Waals surface area (Å²) in [5.74, 6) is 0. The molecule has 0 saturated carbocycles. The van der Waals surface area contributed by atoms with Crippen molar-refractivity contribution in [3.8, 4) is 0 Å². The summed E-state index contributed by atoms with van der Waals surface area (Å²) in [4.78, 5) is 0. The van der Waals surface area contributed by atoms with Gasteiger partial charge in [0.2, 0.25) is 0 Å². The van der Waals surface area contributed by atoms with E-state index in [2.05, 4.69) is 9.05 Å². The molecule has 5 heteroatoms. The van der Waals surface area contributed by atoms with Gasteiger partial charge in [-0.15, -0.1) is 0 Å². The molecule has 0 atom stereocenters. The molecule has 0 spiro atoms. The Morgan fingerprint density at radius 2 is 2.17 bits per heavy atom. The lowest BCUT2D eigenvalue weighted by Gasteiger charge is -1.97. The van der Waals surface area contributed by atoms with Crippen LogP contribution in [0.15, 0.2) is 0 Å². The van der Waals surface area contributed by atoms with Crippen molar-refractivity contribution in [2.24, 2.45) is 0 Å². The maximum atomic E-state index is 11.1. The van der Waals surface area contributed by atoms with E-state index in [1.165, 1.54) is 0 Å². The number of hydrogen-bond acceptors (Lipinski definition) is 3. The van der Waals surface area contributed by atoms with E-state index < -0.39 is 14.8 Å². The molecule has 1 fully saturated rings. The van der Waals surface area contributed by atoms with Crippen LogP contribution in [0.4, 0.5) is 4.39 Å². The molecular formula is CHFO3P+. The van der Waals surface area contributed by atoms with E-state index in [9.17, 15) is 8.96 Å². The highest BCUT2D eigenvalue weighted by molar-refractivity contribution is 7.34. The predicted molar refractivity (Wildman–Crippen MR) is 14.7 cm³/mol. The molecule has 0 aromatic rings. The van der Waals surface area contributed by atoms with Crippen molar-refractivity contribution in [1.82, 2.24) is 0 Å². The monoisotopic (exact) mass is 111 g/mol. The lowest BCUT2D eigenvalue weighted by Crippen LogP contribution is -2.12. The SMILES string of the molecule is O=[P+]1OC(F)O1. The maximum absolute atomic E-state index is 11.1. The molecule has 34 valence electrons. The van der Waals surface area contributed by atoms with E-state index in [1.54, 1.807) is 0 Å². The lowest BCUT2D eigenvalue weighted by atomic mass is 11.4. The van der Waals surface area contributed by atoms with Crippen LogP contribution in [0.25, 0.3) is 0 Å². The van der Waals surface area contributed by atoms with Gasteiger partial charge in [0.05, 0.1) is 0 Å². The second-order valence-electron chi connectivity index (χ2n) is 0.709. The molecule has 6 heavy (non-hydrogen) atoms. The van der Waals surface area contributed by atoms with Gasteiger partial charge in [-0.3, -0.25) is 0 Å². The second kappa shape index (κ2) is 1.22. The first kappa shape index (κ1) is 4.12. The van der Waals surface area contributed by atoms with Crippen LogP contribution < -0.4 is 0 Å². The van der Waals surface area contributed by atoms with Crippen LogP contribution in [0, 0.1) is 0 Å². The van der Waals surface area contributed by atoms with Crippen molar-refractivity contribution in [2.45, 2.75) is 6.54 Å². The first-order valence-corrected chi connectivity index (χ1v) is 2.33. The third-order valence-electron chi connectivity index (χ3n) is 0.338. The van der Waals surface area contributed by atoms with Crippen LogP contribution in [0.3, 0.4) is 0 Å². The molecular weight excluding hydrogens is 110 g/mol. The highest BCUT2D eigenvalue weighted by Crippen LogP contribution is 2.39. The van der Waals surface area contributed by atoms with Gasteiger partial charge in [0.15, 0.2) is 0 Å². The number of halogens is 1. The summed E-state index contributed by atoms with van der Waals surface area (Å²) < 4.78 is 28.2. The van der Waals surface area contributed by atoms with Crippen molar-refractivity contribution in [3.05, 3.63) is 0 Å². The van der Waals surface area contributed by atoms with Gasteiger partial charge in [0.1, 0.15) is 0 Å². The first-order chi connectivity index (χ1) is 2.79. The summed E-state index contributed by atoms with van der Waals surface area (Å²) in [6, 6.07) is 0. The molecule has 0 aromatic heterocycles. The number of rotatable bonds is 0. The van der Waals surface area contributed by atoms with Crippen molar-refractivity contribution in [3.63, 3.8) is 0 Å². The minimum atomic E-state index is -2.08. The molecule has 0 aromatic carbocycles. The standard InChI is InChI=1S/CHFO3P/c2-1-4-6(3)5-1/h1H/q+1. The Balaban J connectivity index is 2.28. The fourth-order valence-corrected chi connectivity index (χ4v) is 0.430. The summed E-state index contributed by atoms with van der Waals surface area (Å²) in [7, 11) is -2.08. The summed E-state index contributed by atoms with van der Waals surface area (Å²) in [6.45, 7) is -1.74. The lowest BCUT2D eigenvalue weighted by molar-refractivity contribution is -0.166. The molecule has 0 bridgehead atoms. The molecule has 1 saturated heterocycles. The molecule has 0 radical (unpaired) electrons. The van der Waals surface area contributed by atoms with Gasteiger partial charge in [-0.2, -0.15) is 4.39 Å². The Hall–Kier alpha value is -0.0500. The topological polar surface area (TPSA) is 35.5 Å². The third-order valence-corrected chi connectivity index (χ3v) is 1.01. The minimum Gasteiger partial charge on any atom is -0.175 e. The van der Waals surface area contributed by atoms with Crippen LogP contribution in [0.1, 0.15) is 0 Å².